The Balaban J connectivity index is 1.96. The fourth-order valence-corrected chi connectivity index (χ4v) is 2.47. The van der Waals surface area contributed by atoms with Crippen LogP contribution in [0.15, 0.2) is 18.2 Å². The van der Waals surface area contributed by atoms with Gasteiger partial charge in [-0.2, -0.15) is 5.26 Å². The van der Waals surface area contributed by atoms with Crippen molar-refractivity contribution in [3.05, 3.63) is 29.3 Å². The maximum Gasteiger partial charge on any atom is 0.306 e. The van der Waals surface area contributed by atoms with Crippen LogP contribution >= 0.6 is 0 Å². The number of hydrogen-bond acceptors (Lipinski definition) is 4. The van der Waals surface area contributed by atoms with Crippen molar-refractivity contribution in [2.24, 2.45) is 0 Å². The molecule has 0 bridgehead atoms. The molecule has 1 heterocycles. The molecule has 1 aromatic carbocycles. The molecule has 0 saturated heterocycles. The number of hydrogen-bond donors (Lipinski definition) is 0. The quantitative estimate of drug-likeness (QED) is 0.804. The standard InChI is InChI=1S/C17H20N2O3/c1-17(2,3)22-16(21)7-6-15(20)19-9-8-13-10-12(11-18)4-5-14(13)19/h4-5,10H,6-9H2,1-3H3. The number of anilines is 1. The second-order valence-corrected chi connectivity index (χ2v) is 6.34. The van der Waals surface area contributed by atoms with E-state index >= 15 is 0 Å². The molecule has 0 aromatic heterocycles. The summed E-state index contributed by atoms with van der Waals surface area (Å²) in [5.41, 5.74) is 1.91. The largest absolute Gasteiger partial charge is 0.460 e. The van der Waals surface area contributed by atoms with Gasteiger partial charge < -0.3 is 9.64 Å². The SMILES string of the molecule is CC(C)(C)OC(=O)CCC(=O)N1CCc2cc(C#N)ccc21. The van der Waals surface area contributed by atoms with Crippen LogP contribution in [0.4, 0.5) is 5.69 Å². The lowest BCUT2D eigenvalue weighted by Gasteiger charge is -2.20. The molecular formula is C17H20N2O3. The van der Waals surface area contributed by atoms with Gasteiger partial charge >= 0.3 is 5.97 Å². The van der Waals surface area contributed by atoms with Crippen molar-refractivity contribution in [3.8, 4) is 6.07 Å². The number of amides is 1. The van der Waals surface area contributed by atoms with E-state index in [1.165, 1.54) is 0 Å². The van der Waals surface area contributed by atoms with Crippen LogP contribution in [0.5, 0.6) is 0 Å². The molecular weight excluding hydrogens is 280 g/mol. The summed E-state index contributed by atoms with van der Waals surface area (Å²) in [7, 11) is 0. The molecule has 116 valence electrons. The predicted octanol–water partition coefficient (Wildman–Crippen LogP) is 2.57. The Morgan fingerprint density at radius 2 is 2.05 bits per heavy atom. The van der Waals surface area contributed by atoms with Crippen LogP contribution in [0.3, 0.4) is 0 Å². The molecule has 0 aliphatic carbocycles. The highest BCUT2D eigenvalue weighted by Crippen LogP contribution is 2.29. The lowest BCUT2D eigenvalue weighted by Crippen LogP contribution is -2.30. The van der Waals surface area contributed by atoms with Crippen LogP contribution in [0, 0.1) is 11.3 Å². The lowest BCUT2D eigenvalue weighted by atomic mass is 10.1. The van der Waals surface area contributed by atoms with E-state index in [-0.39, 0.29) is 24.7 Å². The van der Waals surface area contributed by atoms with Crippen molar-refractivity contribution in [2.75, 3.05) is 11.4 Å². The van der Waals surface area contributed by atoms with Gasteiger partial charge in [0.15, 0.2) is 0 Å². The Bertz CT molecular complexity index is 638. The van der Waals surface area contributed by atoms with Crippen LogP contribution in [-0.4, -0.2) is 24.0 Å². The highest BCUT2D eigenvalue weighted by Gasteiger charge is 2.25. The molecule has 2 rings (SSSR count). The van der Waals surface area contributed by atoms with Gasteiger partial charge in [0.1, 0.15) is 5.60 Å². The van der Waals surface area contributed by atoms with Crippen molar-refractivity contribution in [2.45, 2.75) is 45.6 Å². The van der Waals surface area contributed by atoms with E-state index in [0.29, 0.717) is 12.1 Å². The third-order valence-corrected chi connectivity index (χ3v) is 3.37. The monoisotopic (exact) mass is 300 g/mol. The summed E-state index contributed by atoms with van der Waals surface area (Å²) < 4.78 is 5.20. The zero-order valence-corrected chi connectivity index (χ0v) is 13.2. The van der Waals surface area contributed by atoms with Crippen LogP contribution in [-0.2, 0) is 20.7 Å². The molecule has 0 N–H and O–H groups in total. The molecule has 0 unspecified atom stereocenters. The first-order chi connectivity index (χ1) is 10.3. The van der Waals surface area contributed by atoms with Crippen LogP contribution in [0.1, 0.15) is 44.7 Å². The second-order valence-electron chi connectivity index (χ2n) is 6.34. The number of carbonyl (C=O) groups is 2. The topological polar surface area (TPSA) is 70.4 Å². The van der Waals surface area contributed by atoms with Gasteiger partial charge in [-0.1, -0.05) is 0 Å². The third kappa shape index (κ3) is 3.85. The number of benzene rings is 1. The van der Waals surface area contributed by atoms with E-state index < -0.39 is 5.60 Å². The van der Waals surface area contributed by atoms with Gasteiger partial charge in [0.2, 0.25) is 5.91 Å². The Morgan fingerprint density at radius 3 is 2.68 bits per heavy atom. The molecule has 0 spiro atoms. The molecule has 0 saturated carbocycles. The molecule has 1 aliphatic rings. The van der Waals surface area contributed by atoms with Crippen LogP contribution in [0.25, 0.3) is 0 Å². The zero-order chi connectivity index (χ0) is 16.3. The fraction of sp³-hybridized carbons (Fsp3) is 0.471. The highest BCUT2D eigenvalue weighted by molar-refractivity contribution is 5.96. The Labute approximate surface area is 130 Å². The van der Waals surface area contributed by atoms with E-state index in [4.69, 9.17) is 10.00 Å². The molecule has 0 fully saturated rings. The Hall–Kier alpha value is -2.35. The zero-order valence-electron chi connectivity index (χ0n) is 13.2. The van der Waals surface area contributed by atoms with Crippen molar-refractivity contribution in [1.82, 2.24) is 0 Å². The number of rotatable bonds is 3. The summed E-state index contributed by atoms with van der Waals surface area (Å²) in [5, 5.41) is 8.90. The number of esters is 1. The van der Waals surface area contributed by atoms with Crippen molar-refractivity contribution >= 4 is 17.6 Å². The summed E-state index contributed by atoms with van der Waals surface area (Å²) in [6.07, 6.45) is 0.954. The summed E-state index contributed by atoms with van der Waals surface area (Å²) in [4.78, 5) is 25.6. The lowest BCUT2D eigenvalue weighted by molar-refractivity contribution is -0.155. The smallest absolute Gasteiger partial charge is 0.306 e. The van der Waals surface area contributed by atoms with Gasteiger partial charge in [-0.15, -0.1) is 0 Å². The third-order valence-electron chi connectivity index (χ3n) is 3.37. The van der Waals surface area contributed by atoms with Gasteiger partial charge in [0.25, 0.3) is 0 Å². The summed E-state index contributed by atoms with van der Waals surface area (Å²) in [5.74, 6) is -0.450. The molecule has 1 aliphatic heterocycles. The van der Waals surface area contributed by atoms with Crippen LogP contribution < -0.4 is 4.90 Å². The maximum atomic E-state index is 12.3. The molecule has 5 nitrogen and oxygen atoms in total. The number of nitrogens with zero attached hydrogens (tertiary/aromatic N) is 2. The summed E-state index contributed by atoms with van der Waals surface area (Å²) in [6, 6.07) is 7.42. The average molecular weight is 300 g/mol. The first kappa shape index (κ1) is 16.0. The normalized spacial score (nSPS) is 13.5. The first-order valence-electron chi connectivity index (χ1n) is 7.35. The average Bonchev–Trinajstić information content (AvgIpc) is 2.85. The van der Waals surface area contributed by atoms with Crippen molar-refractivity contribution < 1.29 is 14.3 Å². The van der Waals surface area contributed by atoms with Gasteiger partial charge in [-0.05, 0) is 51.0 Å². The number of fused-ring (bicyclic) bond motifs is 1. The molecule has 22 heavy (non-hydrogen) atoms. The number of nitriles is 1. The summed E-state index contributed by atoms with van der Waals surface area (Å²) >= 11 is 0. The van der Waals surface area contributed by atoms with E-state index in [0.717, 1.165) is 17.7 Å². The summed E-state index contributed by atoms with van der Waals surface area (Å²) in [6.45, 7) is 6.00. The van der Waals surface area contributed by atoms with E-state index in [2.05, 4.69) is 6.07 Å². The van der Waals surface area contributed by atoms with Gasteiger partial charge in [0, 0.05) is 18.7 Å². The molecule has 5 heteroatoms. The maximum absolute atomic E-state index is 12.3. The van der Waals surface area contributed by atoms with Crippen LogP contribution in [0.2, 0.25) is 0 Å². The minimum Gasteiger partial charge on any atom is -0.460 e. The number of ether oxygens (including phenoxy) is 1. The fourth-order valence-electron chi connectivity index (χ4n) is 2.47. The Kier molecular flexibility index (Phi) is 4.51. The van der Waals surface area contributed by atoms with E-state index in [1.807, 2.05) is 6.07 Å². The molecule has 1 aromatic rings. The second kappa shape index (κ2) is 6.18. The molecule has 0 atom stereocenters. The minimum absolute atomic E-state index is 0.0816. The van der Waals surface area contributed by atoms with E-state index in [1.54, 1.807) is 37.8 Å². The minimum atomic E-state index is -0.534. The van der Waals surface area contributed by atoms with Crippen molar-refractivity contribution in [1.29, 1.82) is 5.26 Å². The van der Waals surface area contributed by atoms with E-state index in [9.17, 15) is 9.59 Å². The van der Waals surface area contributed by atoms with Gasteiger partial charge in [0.05, 0.1) is 18.1 Å². The molecule has 1 amide bonds. The Morgan fingerprint density at radius 1 is 1.32 bits per heavy atom. The first-order valence-corrected chi connectivity index (χ1v) is 7.35. The van der Waals surface area contributed by atoms with Crippen molar-refractivity contribution in [3.63, 3.8) is 0 Å². The predicted molar refractivity (Wildman–Crippen MR) is 82.3 cm³/mol. The highest BCUT2D eigenvalue weighted by atomic mass is 16.6. The molecule has 0 radical (unpaired) electrons. The van der Waals surface area contributed by atoms with Gasteiger partial charge in [-0.25, -0.2) is 0 Å². The number of carbonyl (C=O) groups excluding carboxylic acids is 2. The van der Waals surface area contributed by atoms with Gasteiger partial charge in [-0.3, -0.25) is 9.59 Å².